The number of rotatable bonds is 7. The fourth-order valence-electron chi connectivity index (χ4n) is 2.74. The maximum atomic E-state index is 12.6. The molecule has 3 aromatic rings. The monoisotopic (exact) mass is 422 g/mol. The van der Waals surface area contributed by atoms with E-state index in [1.165, 1.54) is 20.3 Å². The topological polar surface area (TPSA) is 61.8 Å². The molecule has 3 aromatic carbocycles. The molecule has 0 bridgehead atoms. The molecule has 0 heterocycles. The highest BCUT2D eigenvalue weighted by Gasteiger charge is 2.13. The number of hydrogen-bond donors (Lipinski definition) is 0. The van der Waals surface area contributed by atoms with E-state index in [4.69, 9.17) is 25.8 Å². The molecule has 0 saturated heterocycles. The normalized spacial score (nSPS) is 10.6. The van der Waals surface area contributed by atoms with E-state index in [0.29, 0.717) is 33.4 Å². The number of carbonyl (C=O) groups is 2. The minimum absolute atomic E-state index is 0.246. The zero-order chi connectivity index (χ0) is 21.5. The molecular weight excluding hydrogens is 404 g/mol. The average molecular weight is 423 g/mol. The lowest BCUT2D eigenvalue weighted by atomic mass is 10.1. The van der Waals surface area contributed by atoms with E-state index >= 15 is 0 Å². The van der Waals surface area contributed by atoms with Crippen LogP contribution in [-0.4, -0.2) is 26.0 Å². The first-order valence-corrected chi connectivity index (χ1v) is 9.41. The average Bonchev–Trinajstić information content (AvgIpc) is 2.77. The molecule has 0 radical (unpaired) electrons. The lowest BCUT2D eigenvalue weighted by Gasteiger charge is -2.08. The Hall–Kier alpha value is -3.57. The van der Waals surface area contributed by atoms with Crippen molar-refractivity contribution in [3.05, 3.63) is 94.5 Å². The molecular formula is C24H19ClO5. The van der Waals surface area contributed by atoms with Crippen molar-refractivity contribution in [1.82, 2.24) is 0 Å². The summed E-state index contributed by atoms with van der Waals surface area (Å²) in [6.45, 7) is 0. The summed E-state index contributed by atoms with van der Waals surface area (Å²) in [6, 6.07) is 18.5. The van der Waals surface area contributed by atoms with Crippen LogP contribution < -0.4 is 14.2 Å². The van der Waals surface area contributed by atoms with Gasteiger partial charge in [-0.3, -0.25) is 4.79 Å². The predicted octanol–water partition coefficient (Wildman–Crippen LogP) is 5.47. The van der Waals surface area contributed by atoms with Gasteiger partial charge >= 0.3 is 5.97 Å². The third kappa shape index (κ3) is 5.07. The maximum Gasteiger partial charge on any atom is 0.345 e. The van der Waals surface area contributed by atoms with Gasteiger partial charge in [-0.25, -0.2) is 4.79 Å². The number of ketones is 1. The molecule has 0 N–H and O–H groups in total. The number of esters is 1. The Morgan fingerprint density at radius 2 is 1.63 bits per heavy atom. The van der Waals surface area contributed by atoms with Crippen molar-refractivity contribution in [2.75, 3.05) is 14.2 Å². The van der Waals surface area contributed by atoms with Gasteiger partial charge in [0.1, 0.15) is 17.2 Å². The van der Waals surface area contributed by atoms with Crippen LogP contribution in [0.25, 0.3) is 6.08 Å². The highest BCUT2D eigenvalue weighted by atomic mass is 35.5. The fraction of sp³-hybridized carbons (Fsp3) is 0.0833. The van der Waals surface area contributed by atoms with E-state index in [1.54, 1.807) is 72.8 Å². The number of halogens is 1. The second-order valence-electron chi connectivity index (χ2n) is 6.21. The molecule has 0 atom stereocenters. The molecule has 0 amide bonds. The van der Waals surface area contributed by atoms with Crippen molar-refractivity contribution in [2.24, 2.45) is 0 Å². The highest BCUT2D eigenvalue weighted by Crippen LogP contribution is 2.25. The van der Waals surface area contributed by atoms with Crippen molar-refractivity contribution in [2.45, 2.75) is 0 Å². The van der Waals surface area contributed by atoms with E-state index in [2.05, 4.69) is 0 Å². The van der Waals surface area contributed by atoms with Crippen LogP contribution in [-0.2, 0) is 0 Å². The number of carbonyl (C=O) groups excluding carboxylic acids is 2. The molecule has 3 rings (SSSR count). The summed E-state index contributed by atoms with van der Waals surface area (Å²) in [5.74, 6) is 0.547. The van der Waals surface area contributed by atoms with Gasteiger partial charge in [0, 0.05) is 0 Å². The smallest absolute Gasteiger partial charge is 0.345 e. The molecule has 0 aromatic heterocycles. The lowest BCUT2D eigenvalue weighted by molar-refractivity contribution is 0.0734. The summed E-state index contributed by atoms with van der Waals surface area (Å²) < 4.78 is 15.8. The Kier molecular flexibility index (Phi) is 6.88. The highest BCUT2D eigenvalue weighted by molar-refractivity contribution is 6.33. The van der Waals surface area contributed by atoms with Gasteiger partial charge < -0.3 is 14.2 Å². The van der Waals surface area contributed by atoms with Gasteiger partial charge in [0.2, 0.25) is 0 Å². The third-order valence-electron chi connectivity index (χ3n) is 4.26. The fourth-order valence-corrected chi connectivity index (χ4v) is 2.95. The summed E-state index contributed by atoms with van der Waals surface area (Å²) in [7, 11) is 3.03. The third-order valence-corrected chi connectivity index (χ3v) is 4.59. The zero-order valence-corrected chi connectivity index (χ0v) is 17.2. The second-order valence-corrected chi connectivity index (χ2v) is 6.61. The van der Waals surface area contributed by atoms with Crippen LogP contribution >= 0.6 is 11.6 Å². The van der Waals surface area contributed by atoms with Gasteiger partial charge in [-0.2, -0.15) is 0 Å². The van der Waals surface area contributed by atoms with Crippen molar-refractivity contribution >= 4 is 29.4 Å². The lowest BCUT2D eigenvalue weighted by Crippen LogP contribution is -2.09. The molecule has 0 aliphatic heterocycles. The predicted molar refractivity (Wildman–Crippen MR) is 116 cm³/mol. The van der Waals surface area contributed by atoms with Crippen LogP contribution in [0.15, 0.2) is 72.8 Å². The van der Waals surface area contributed by atoms with Crippen LogP contribution in [0.5, 0.6) is 17.2 Å². The van der Waals surface area contributed by atoms with Crippen LogP contribution in [0.1, 0.15) is 26.3 Å². The van der Waals surface area contributed by atoms with E-state index in [0.717, 1.165) is 0 Å². The first-order chi connectivity index (χ1) is 14.5. The van der Waals surface area contributed by atoms with E-state index in [-0.39, 0.29) is 11.3 Å². The largest absolute Gasteiger partial charge is 0.497 e. The Bertz CT molecular complexity index is 1100. The van der Waals surface area contributed by atoms with Gasteiger partial charge in [0.05, 0.1) is 30.4 Å². The first-order valence-electron chi connectivity index (χ1n) is 9.03. The van der Waals surface area contributed by atoms with Crippen molar-refractivity contribution in [3.63, 3.8) is 0 Å². The summed E-state index contributed by atoms with van der Waals surface area (Å²) >= 11 is 6.04. The maximum absolute atomic E-state index is 12.6. The number of ether oxygens (including phenoxy) is 3. The van der Waals surface area contributed by atoms with Crippen LogP contribution in [0.4, 0.5) is 0 Å². The Balaban J connectivity index is 1.77. The molecule has 6 heteroatoms. The van der Waals surface area contributed by atoms with Gasteiger partial charge in [0.15, 0.2) is 5.78 Å². The molecule has 30 heavy (non-hydrogen) atoms. The molecule has 0 saturated carbocycles. The summed E-state index contributed by atoms with van der Waals surface area (Å²) in [5.41, 5.74) is 1.35. The van der Waals surface area contributed by atoms with Gasteiger partial charge in [-0.15, -0.1) is 0 Å². The SMILES string of the molecule is COc1ccc(OC)c(C(=O)/C=C/c2cccc(OC(=O)c3ccccc3Cl)c2)c1. The summed E-state index contributed by atoms with van der Waals surface area (Å²) in [5, 5.41) is 0.316. The van der Waals surface area contributed by atoms with Gasteiger partial charge in [-0.1, -0.05) is 41.9 Å². The van der Waals surface area contributed by atoms with E-state index < -0.39 is 5.97 Å². The molecule has 0 aliphatic carbocycles. The number of hydrogen-bond acceptors (Lipinski definition) is 5. The Morgan fingerprint density at radius 3 is 2.37 bits per heavy atom. The minimum atomic E-state index is -0.557. The van der Waals surface area contributed by atoms with Crippen LogP contribution in [0.2, 0.25) is 5.02 Å². The van der Waals surface area contributed by atoms with Crippen LogP contribution in [0, 0.1) is 0 Å². The van der Waals surface area contributed by atoms with E-state index in [1.807, 2.05) is 0 Å². The number of benzene rings is 3. The zero-order valence-electron chi connectivity index (χ0n) is 16.4. The molecule has 0 unspecified atom stereocenters. The van der Waals surface area contributed by atoms with Crippen molar-refractivity contribution in [3.8, 4) is 17.2 Å². The molecule has 0 aliphatic rings. The quantitative estimate of drug-likeness (QED) is 0.218. The molecule has 152 valence electrons. The number of methoxy groups -OCH3 is 2. The van der Waals surface area contributed by atoms with E-state index in [9.17, 15) is 9.59 Å². The summed E-state index contributed by atoms with van der Waals surface area (Å²) in [6.07, 6.45) is 3.06. The second kappa shape index (κ2) is 9.76. The molecule has 5 nitrogen and oxygen atoms in total. The van der Waals surface area contributed by atoms with Crippen LogP contribution in [0.3, 0.4) is 0 Å². The van der Waals surface area contributed by atoms with Gasteiger partial charge in [0.25, 0.3) is 0 Å². The standard InChI is InChI=1S/C24H19ClO5/c1-28-17-11-13-23(29-2)20(15-17)22(26)12-10-16-6-5-7-18(14-16)30-24(27)19-8-3-4-9-21(19)25/h3-15H,1-2H3/b12-10+. The summed E-state index contributed by atoms with van der Waals surface area (Å²) in [4.78, 5) is 25.0. The Labute approximate surface area is 179 Å². The number of allylic oxidation sites excluding steroid dienone is 1. The molecule has 0 spiro atoms. The van der Waals surface area contributed by atoms with Gasteiger partial charge in [-0.05, 0) is 54.1 Å². The molecule has 0 fully saturated rings. The Morgan fingerprint density at radius 1 is 0.833 bits per heavy atom. The minimum Gasteiger partial charge on any atom is -0.497 e. The first kappa shape index (κ1) is 21.1. The van der Waals surface area contributed by atoms with Crippen molar-refractivity contribution < 1.29 is 23.8 Å². The van der Waals surface area contributed by atoms with Crippen molar-refractivity contribution in [1.29, 1.82) is 0 Å².